The van der Waals surface area contributed by atoms with Crippen molar-refractivity contribution in [1.29, 1.82) is 0 Å². The van der Waals surface area contributed by atoms with Crippen molar-refractivity contribution in [2.75, 3.05) is 14.2 Å². The maximum atomic E-state index is 12.3. The summed E-state index contributed by atoms with van der Waals surface area (Å²) >= 11 is 0. The summed E-state index contributed by atoms with van der Waals surface area (Å²) in [4.78, 5) is 24.7. The van der Waals surface area contributed by atoms with E-state index in [2.05, 4.69) is 10.3 Å². The zero-order chi connectivity index (χ0) is 17.7. The van der Waals surface area contributed by atoms with Gasteiger partial charge in [-0.1, -0.05) is 23.4 Å². The van der Waals surface area contributed by atoms with E-state index in [1.165, 1.54) is 10.9 Å². The van der Waals surface area contributed by atoms with Crippen molar-refractivity contribution in [2.45, 2.75) is 25.9 Å². The van der Waals surface area contributed by atoms with Gasteiger partial charge in [-0.2, -0.15) is 0 Å². The Hall–Kier alpha value is -2.90. The lowest BCUT2D eigenvalue weighted by Gasteiger charge is -2.25. The summed E-state index contributed by atoms with van der Waals surface area (Å²) in [5.74, 6) is -0.571. The molecular formula is C16H20N4O4. The first-order valence-electron chi connectivity index (χ1n) is 7.43. The minimum atomic E-state index is -1.17. The van der Waals surface area contributed by atoms with E-state index in [0.717, 1.165) is 11.3 Å². The van der Waals surface area contributed by atoms with E-state index in [0.29, 0.717) is 6.42 Å². The number of aromatic nitrogens is 3. The Bertz CT molecular complexity index is 728. The molecule has 0 fully saturated rings. The van der Waals surface area contributed by atoms with Gasteiger partial charge in [0.2, 0.25) is 5.91 Å². The molecule has 1 heterocycles. The summed E-state index contributed by atoms with van der Waals surface area (Å²) in [7, 11) is 3.32. The number of carbonyl (C=O) groups is 2. The van der Waals surface area contributed by atoms with Gasteiger partial charge in [0.15, 0.2) is 5.69 Å². The topological polar surface area (TPSA) is 97.5 Å². The molecule has 0 spiro atoms. The van der Waals surface area contributed by atoms with Crippen LogP contribution in [0.5, 0.6) is 5.75 Å². The third-order valence-corrected chi connectivity index (χ3v) is 3.82. The van der Waals surface area contributed by atoms with Crippen LogP contribution >= 0.6 is 0 Å². The summed E-state index contributed by atoms with van der Waals surface area (Å²) in [6, 6.07) is 7.61. The van der Waals surface area contributed by atoms with Gasteiger partial charge < -0.3 is 14.7 Å². The lowest BCUT2D eigenvalue weighted by Crippen LogP contribution is -2.38. The van der Waals surface area contributed by atoms with E-state index in [4.69, 9.17) is 9.84 Å². The number of carboxylic acid groups (broad SMARTS) is 1. The maximum absolute atomic E-state index is 12.3. The van der Waals surface area contributed by atoms with Crippen LogP contribution in [0.2, 0.25) is 0 Å². The molecule has 128 valence electrons. The summed E-state index contributed by atoms with van der Waals surface area (Å²) < 4.78 is 6.55. The molecule has 1 aromatic heterocycles. The number of carbonyl (C=O) groups excluding carboxylic acids is 1. The Morgan fingerprint density at radius 1 is 1.38 bits per heavy atom. The molecule has 0 aliphatic heterocycles. The summed E-state index contributed by atoms with van der Waals surface area (Å²) in [5.41, 5.74) is 0.827. The van der Waals surface area contributed by atoms with E-state index in [9.17, 15) is 9.59 Å². The van der Waals surface area contributed by atoms with Gasteiger partial charge in [0.25, 0.3) is 0 Å². The molecule has 8 nitrogen and oxygen atoms in total. The van der Waals surface area contributed by atoms with Crippen molar-refractivity contribution in [1.82, 2.24) is 19.9 Å². The minimum absolute atomic E-state index is 0.0590. The Morgan fingerprint density at radius 2 is 2.08 bits per heavy atom. The van der Waals surface area contributed by atoms with Gasteiger partial charge in [0, 0.05) is 13.1 Å². The number of likely N-dealkylation sites (N-methyl/N-ethyl adjacent to an activating group) is 1. The highest BCUT2D eigenvalue weighted by Crippen LogP contribution is 2.20. The van der Waals surface area contributed by atoms with Gasteiger partial charge >= 0.3 is 5.97 Å². The highest BCUT2D eigenvalue weighted by Gasteiger charge is 2.19. The highest BCUT2D eigenvalue weighted by atomic mass is 16.5. The van der Waals surface area contributed by atoms with Crippen molar-refractivity contribution in [3.63, 3.8) is 0 Å². The van der Waals surface area contributed by atoms with E-state index >= 15 is 0 Å². The van der Waals surface area contributed by atoms with Gasteiger partial charge in [0.1, 0.15) is 12.3 Å². The maximum Gasteiger partial charge on any atom is 0.358 e. The van der Waals surface area contributed by atoms with Crippen LogP contribution in [0.3, 0.4) is 0 Å². The van der Waals surface area contributed by atoms with E-state index in [1.54, 1.807) is 19.1 Å². The molecule has 0 aliphatic carbocycles. The molecule has 8 heteroatoms. The first-order valence-corrected chi connectivity index (χ1v) is 7.43. The van der Waals surface area contributed by atoms with Crippen molar-refractivity contribution in [3.8, 4) is 5.75 Å². The lowest BCUT2D eigenvalue weighted by molar-refractivity contribution is -0.132. The predicted molar refractivity (Wildman–Crippen MR) is 85.9 cm³/mol. The van der Waals surface area contributed by atoms with Crippen molar-refractivity contribution in [3.05, 3.63) is 41.7 Å². The fraction of sp³-hybridized carbons (Fsp3) is 0.375. The molecule has 24 heavy (non-hydrogen) atoms. The Balaban J connectivity index is 1.99. The van der Waals surface area contributed by atoms with Crippen molar-refractivity contribution < 1.29 is 19.4 Å². The van der Waals surface area contributed by atoms with Crippen molar-refractivity contribution >= 4 is 11.9 Å². The second-order valence-corrected chi connectivity index (χ2v) is 5.48. The second-order valence-electron chi connectivity index (χ2n) is 5.48. The van der Waals surface area contributed by atoms with Gasteiger partial charge in [-0.05, 0) is 25.0 Å². The minimum Gasteiger partial charge on any atom is -0.496 e. The molecular weight excluding hydrogens is 312 g/mol. The van der Waals surface area contributed by atoms with Crippen LogP contribution in [0.1, 0.15) is 23.0 Å². The number of para-hydroxylation sites is 1. The van der Waals surface area contributed by atoms with E-state index in [1.807, 2.05) is 31.2 Å². The SMILES string of the molecule is COc1ccccc1CC(C)N(C)C(=O)Cn1cc(C(=O)O)nn1. The summed E-state index contributed by atoms with van der Waals surface area (Å²) in [6.07, 6.45) is 1.88. The molecule has 1 unspecified atom stereocenters. The molecule has 1 N–H and O–H groups in total. The number of carboxylic acids is 1. The predicted octanol–water partition coefficient (Wildman–Crippen LogP) is 1.07. The number of methoxy groups -OCH3 is 1. The van der Waals surface area contributed by atoms with Crippen LogP contribution in [0.4, 0.5) is 0 Å². The number of hydrogen-bond acceptors (Lipinski definition) is 5. The van der Waals surface area contributed by atoms with Crippen LogP contribution in [0, 0.1) is 0 Å². The summed E-state index contributed by atoms with van der Waals surface area (Å²) in [5, 5.41) is 16.0. The zero-order valence-electron chi connectivity index (χ0n) is 13.8. The molecule has 0 bridgehead atoms. The average molecular weight is 332 g/mol. The standard InChI is InChI=1S/C16H20N4O4/c1-11(8-12-6-4-5-7-14(12)24-3)19(2)15(21)10-20-9-13(16(22)23)17-18-20/h4-7,9,11H,8,10H2,1-3H3,(H,22,23). The first kappa shape index (κ1) is 17.5. The molecule has 1 aromatic carbocycles. The third-order valence-electron chi connectivity index (χ3n) is 3.82. The zero-order valence-corrected chi connectivity index (χ0v) is 13.8. The number of benzene rings is 1. The van der Waals surface area contributed by atoms with E-state index in [-0.39, 0.29) is 24.2 Å². The van der Waals surface area contributed by atoms with Crippen molar-refractivity contribution in [2.24, 2.45) is 0 Å². The second kappa shape index (κ2) is 7.58. The molecule has 2 aromatic rings. The van der Waals surface area contributed by atoms with Crippen LogP contribution in [0.25, 0.3) is 0 Å². The largest absolute Gasteiger partial charge is 0.496 e. The molecule has 1 amide bonds. The molecule has 0 aliphatic rings. The quantitative estimate of drug-likeness (QED) is 0.814. The molecule has 0 saturated heterocycles. The normalized spacial score (nSPS) is 11.8. The number of nitrogens with zero attached hydrogens (tertiary/aromatic N) is 4. The van der Waals surface area contributed by atoms with Crippen LogP contribution in [-0.2, 0) is 17.8 Å². The number of rotatable bonds is 7. The number of hydrogen-bond donors (Lipinski definition) is 1. The van der Waals surface area contributed by atoms with Crippen LogP contribution in [0.15, 0.2) is 30.5 Å². The smallest absolute Gasteiger partial charge is 0.358 e. The number of aromatic carboxylic acids is 1. The van der Waals surface area contributed by atoms with Gasteiger partial charge in [-0.3, -0.25) is 4.79 Å². The lowest BCUT2D eigenvalue weighted by atomic mass is 10.1. The Kier molecular flexibility index (Phi) is 5.51. The fourth-order valence-corrected chi connectivity index (χ4v) is 2.30. The molecule has 0 radical (unpaired) electrons. The van der Waals surface area contributed by atoms with Crippen LogP contribution < -0.4 is 4.74 Å². The third kappa shape index (κ3) is 4.09. The molecule has 1 atom stereocenters. The van der Waals surface area contributed by atoms with Gasteiger partial charge in [-0.25, -0.2) is 9.48 Å². The van der Waals surface area contributed by atoms with E-state index < -0.39 is 5.97 Å². The fourth-order valence-electron chi connectivity index (χ4n) is 2.30. The Labute approximate surface area is 139 Å². The number of amides is 1. The molecule has 2 rings (SSSR count). The van der Waals surface area contributed by atoms with Gasteiger partial charge in [0.05, 0.1) is 13.3 Å². The highest BCUT2D eigenvalue weighted by molar-refractivity contribution is 5.84. The Morgan fingerprint density at radius 3 is 2.71 bits per heavy atom. The number of ether oxygens (including phenoxy) is 1. The summed E-state index contributed by atoms with van der Waals surface area (Å²) in [6.45, 7) is 1.88. The van der Waals surface area contributed by atoms with Crippen LogP contribution in [-0.4, -0.2) is 57.1 Å². The monoisotopic (exact) mass is 332 g/mol. The molecule has 0 saturated carbocycles. The first-order chi connectivity index (χ1) is 11.4. The van der Waals surface area contributed by atoms with Gasteiger partial charge in [-0.15, -0.1) is 5.10 Å². The average Bonchev–Trinajstić information content (AvgIpc) is 3.03.